The lowest BCUT2D eigenvalue weighted by atomic mass is 10.1. The Morgan fingerprint density at radius 1 is 1.09 bits per heavy atom. The van der Waals surface area contributed by atoms with E-state index in [2.05, 4.69) is 5.16 Å². The molecule has 0 aliphatic carbocycles. The van der Waals surface area contributed by atoms with Crippen molar-refractivity contribution in [1.29, 1.82) is 0 Å². The van der Waals surface area contributed by atoms with Crippen LogP contribution >= 0.6 is 0 Å². The number of hydrogen-bond donors (Lipinski definition) is 1. The Kier molecular flexibility index (Phi) is 6.15. The van der Waals surface area contributed by atoms with Gasteiger partial charge in [0, 0.05) is 44.6 Å². The van der Waals surface area contributed by atoms with E-state index in [1.807, 2.05) is 18.7 Å². The number of hydrogen-bond acceptors (Lipinski definition) is 5. The Morgan fingerprint density at radius 3 is 2.22 bits per heavy atom. The van der Waals surface area contributed by atoms with Crippen LogP contribution in [0.25, 0.3) is 0 Å². The van der Waals surface area contributed by atoms with E-state index in [1.165, 1.54) is 0 Å². The van der Waals surface area contributed by atoms with Gasteiger partial charge in [-0.15, -0.1) is 0 Å². The van der Waals surface area contributed by atoms with Crippen LogP contribution in [0.5, 0.6) is 0 Å². The molecule has 0 radical (unpaired) electrons. The molecular formula is C16H25N3O4. The van der Waals surface area contributed by atoms with Gasteiger partial charge in [-0.1, -0.05) is 5.16 Å². The Hall–Kier alpha value is -1.89. The predicted molar refractivity (Wildman–Crippen MR) is 83.8 cm³/mol. The Balaban J connectivity index is 1.85. The summed E-state index contributed by atoms with van der Waals surface area (Å²) in [5.74, 6) is 0.825. The molecule has 2 amide bonds. The summed E-state index contributed by atoms with van der Waals surface area (Å²) in [6.45, 7) is 6.02. The summed E-state index contributed by atoms with van der Waals surface area (Å²) < 4.78 is 5.12. The van der Waals surface area contributed by atoms with Crippen LogP contribution in [-0.2, 0) is 16.0 Å². The summed E-state index contributed by atoms with van der Waals surface area (Å²) in [5, 5.41) is 12.8. The van der Waals surface area contributed by atoms with Crippen molar-refractivity contribution in [3.05, 3.63) is 17.0 Å². The highest BCUT2D eigenvalue weighted by atomic mass is 16.5. The van der Waals surface area contributed by atoms with Gasteiger partial charge in [0.25, 0.3) is 0 Å². The number of aryl methyl sites for hydroxylation is 2. The molecule has 2 heterocycles. The topological polar surface area (TPSA) is 86.9 Å². The molecular weight excluding hydrogens is 298 g/mol. The van der Waals surface area contributed by atoms with E-state index in [0.717, 1.165) is 23.4 Å². The maximum Gasteiger partial charge on any atom is 0.224 e. The zero-order valence-electron chi connectivity index (χ0n) is 13.9. The van der Waals surface area contributed by atoms with E-state index in [4.69, 9.17) is 9.63 Å². The van der Waals surface area contributed by atoms with E-state index in [-0.39, 0.29) is 24.8 Å². The van der Waals surface area contributed by atoms with Gasteiger partial charge in [0.1, 0.15) is 5.76 Å². The lowest BCUT2D eigenvalue weighted by Gasteiger charge is -2.22. The second-order valence-corrected chi connectivity index (χ2v) is 5.89. The quantitative estimate of drug-likeness (QED) is 0.860. The van der Waals surface area contributed by atoms with Crippen LogP contribution in [0.2, 0.25) is 0 Å². The molecule has 7 nitrogen and oxygen atoms in total. The fraction of sp³-hybridized carbons (Fsp3) is 0.688. The van der Waals surface area contributed by atoms with E-state index in [9.17, 15) is 9.59 Å². The second-order valence-electron chi connectivity index (χ2n) is 5.89. The van der Waals surface area contributed by atoms with Gasteiger partial charge in [0.05, 0.1) is 12.3 Å². The minimum atomic E-state index is -0.130. The molecule has 1 aromatic rings. The van der Waals surface area contributed by atoms with Crippen LogP contribution in [0.15, 0.2) is 4.52 Å². The monoisotopic (exact) mass is 323 g/mol. The van der Waals surface area contributed by atoms with Crippen LogP contribution in [0.1, 0.15) is 36.3 Å². The van der Waals surface area contributed by atoms with Gasteiger partial charge in [0.2, 0.25) is 11.8 Å². The van der Waals surface area contributed by atoms with Crippen LogP contribution in [0, 0.1) is 13.8 Å². The number of carbonyl (C=O) groups excluding carboxylic acids is 2. The SMILES string of the molecule is Cc1noc(C)c1CCC(=O)N1CCCN(C(=O)CCO)CC1. The molecule has 0 aromatic carbocycles. The molecule has 7 heteroatoms. The van der Waals surface area contributed by atoms with E-state index in [1.54, 1.807) is 4.90 Å². The number of rotatable bonds is 5. The van der Waals surface area contributed by atoms with Crippen molar-refractivity contribution in [2.75, 3.05) is 32.8 Å². The number of aliphatic hydroxyl groups excluding tert-OH is 1. The molecule has 0 atom stereocenters. The third-order valence-corrected chi connectivity index (χ3v) is 4.30. The van der Waals surface area contributed by atoms with Crippen molar-refractivity contribution in [2.45, 2.75) is 39.5 Å². The molecule has 0 saturated carbocycles. The standard InChI is InChI=1S/C16H25N3O4/c1-12-14(13(2)23-17-12)4-5-15(21)18-7-3-8-19(10-9-18)16(22)6-11-20/h20H,3-11H2,1-2H3. The summed E-state index contributed by atoms with van der Waals surface area (Å²) in [5.41, 5.74) is 1.85. The fourth-order valence-corrected chi connectivity index (χ4v) is 2.92. The molecule has 23 heavy (non-hydrogen) atoms. The lowest BCUT2D eigenvalue weighted by molar-refractivity contribution is -0.133. The van der Waals surface area contributed by atoms with Gasteiger partial charge in [-0.05, 0) is 26.7 Å². The third-order valence-electron chi connectivity index (χ3n) is 4.30. The van der Waals surface area contributed by atoms with Crippen molar-refractivity contribution in [3.63, 3.8) is 0 Å². The number of aromatic nitrogens is 1. The molecule has 1 N–H and O–H groups in total. The first-order valence-electron chi connectivity index (χ1n) is 8.11. The van der Waals surface area contributed by atoms with Gasteiger partial charge in [-0.25, -0.2) is 0 Å². The Labute approximate surface area is 136 Å². The number of amides is 2. The zero-order chi connectivity index (χ0) is 16.8. The molecule has 1 saturated heterocycles. The predicted octanol–water partition coefficient (Wildman–Crippen LogP) is 0.667. The average molecular weight is 323 g/mol. The molecule has 1 aliphatic heterocycles. The molecule has 1 aromatic heterocycles. The van der Waals surface area contributed by atoms with Crippen molar-refractivity contribution < 1.29 is 19.2 Å². The molecule has 0 spiro atoms. The van der Waals surface area contributed by atoms with Crippen molar-refractivity contribution in [2.24, 2.45) is 0 Å². The molecule has 128 valence electrons. The largest absolute Gasteiger partial charge is 0.396 e. The van der Waals surface area contributed by atoms with Gasteiger partial charge >= 0.3 is 0 Å². The summed E-state index contributed by atoms with van der Waals surface area (Å²) in [4.78, 5) is 27.8. The smallest absolute Gasteiger partial charge is 0.224 e. The van der Waals surface area contributed by atoms with Gasteiger partial charge in [-0.2, -0.15) is 0 Å². The average Bonchev–Trinajstić information content (AvgIpc) is 2.74. The minimum Gasteiger partial charge on any atom is -0.396 e. The van der Waals surface area contributed by atoms with Crippen LogP contribution in [0.3, 0.4) is 0 Å². The third kappa shape index (κ3) is 4.54. The fourth-order valence-electron chi connectivity index (χ4n) is 2.92. The van der Waals surface area contributed by atoms with E-state index in [0.29, 0.717) is 39.0 Å². The first kappa shape index (κ1) is 17.5. The van der Waals surface area contributed by atoms with Crippen molar-refractivity contribution in [1.82, 2.24) is 15.0 Å². The first-order valence-corrected chi connectivity index (χ1v) is 8.11. The summed E-state index contributed by atoms with van der Waals surface area (Å²) in [6, 6.07) is 0. The molecule has 2 rings (SSSR count). The highest BCUT2D eigenvalue weighted by Crippen LogP contribution is 2.15. The number of carbonyl (C=O) groups is 2. The first-order chi connectivity index (χ1) is 11.0. The van der Waals surface area contributed by atoms with Gasteiger partial charge in [0.15, 0.2) is 0 Å². The number of nitrogens with zero attached hydrogens (tertiary/aromatic N) is 3. The maximum atomic E-state index is 12.4. The highest BCUT2D eigenvalue weighted by molar-refractivity contribution is 5.78. The lowest BCUT2D eigenvalue weighted by Crippen LogP contribution is -2.37. The maximum absolute atomic E-state index is 12.4. The van der Waals surface area contributed by atoms with E-state index < -0.39 is 0 Å². The normalized spacial score (nSPS) is 15.6. The van der Waals surface area contributed by atoms with Gasteiger partial charge < -0.3 is 19.4 Å². The Morgan fingerprint density at radius 2 is 1.70 bits per heavy atom. The summed E-state index contributed by atoms with van der Waals surface area (Å²) in [6.07, 6.45) is 1.98. The second kappa shape index (κ2) is 8.10. The molecule has 1 fully saturated rings. The van der Waals surface area contributed by atoms with Crippen LogP contribution in [0.4, 0.5) is 0 Å². The van der Waals surface area contributed by atoms with Crippen molar-refractivity contribution in [3.8, 4) is 0 Å². The summed E-state index contributed by atoms with van der Waals surface area (Å²) >= 11 is 0. The van der Waals surface area contributed by atoms with Crippen LogP contribution in [-0.4, -0.2) is 64.7 Å². The van der Waals surface area contributed by atoms with Gasteiger partial charge in [-0.3, -0.25) is 9.59 Å². The molecule has 0 unspecified atom stereocenters. The zero-order valence-corrected chi connectivity index (χ0v) is 13.9. The van der Waals surface area contributed by atoms with Crippen LogP contribution < -0.4 is 0 Å². The summed E-state index contributed by atoms with van der Waals surface area (Å²) in [7, 11) is 0. The number of aliphatic hydroxyl groups is 1. The molecule has 1 aliphatic rings. The minimum absolute atomic E-state index is 0.0440. The van der Waals surface area contributed by atoms with E-state index >= 15 is 0 Å². The Bertz CT molecular complexity index is 536. The van der Waals surface area contributed by atoms with Crippen molar-refractivity contribution >= 4 is 11.8 Å². The highest BCUT2D eigenvalue weighted by Gasteiger charge is 2.22. The molecule has 0 bridgehead atoms.